The molecule has 2 aromatic carbocycles. The van der Waals surface area contributed by atoms with E-state index >= 15 is 0 Å². The van der Waals surface area contributed by atoms with Crippen molar-refractivity contribution in [2.75, 3.05) is 13.7 Å². The summed E-state index contributed by atoms with van der Waals surface area (Å²) in [4.78, 5) is 55.8. The highest BCUT2D eigenvalue weighted by atomic mass is 16.6. The molecule has 1 heterocycles. The minimum Gasteiger partial charge on any atom is -0.480 e. The zero-order valence-electron chi connectivity index (χ0n) is 30.5. The van der Waals surface area contributed by atoms with Gasteiger partial charge in [0.05, 0.1) is 6.04 Å². The van der Waals surface area contributed by atoms with Crippen LogP contribution in [0, 0.1) is 5.92 Å². The van der Waals surface area contributed by atoms with Crippen molar-refractivity contribution in [1.29, 1.82) is 0 Å². The maximum absolute atomic E-state index is 14.0. The number of carbonyl (C=O) groups excluding carboxylic acids is 4. The molecule has 14 heteroatoms. The number of aliphatic hydroxyl groups excluding tert-OH is 1. The van der Waals surface area contributed by atoms with Gasteiger partial charge in [0, 0.05) is 20.0 Å². The van der Waals surface area contributed by atoms with Gasteiger partial charge in [-0.05, 0) is 58.7 Å². The summed E-state index contributed by atoms with van der Waals surface area (Å²) in [5, 5.41) is 15.9. The molecule has 0 saturated carbocycles. The van der Waals surface area contributed by atoms with E-state index in [0.29, 0.717) is 11.1 Å². The predicted octanol–water partition coefficient (Wildman–Crippen LogP) is 4.95. The third kappa shape index (κ3) is 13.0. The van der Waals surface area contributed by atoms with Crippen molar-refractivity contribution in [2.24, 2.45) is 10.9 Å². The van der Waals surface area contributed by atoms with Crippen LogP contribution in [0.2, 0.25) is 0 Å². The van der Waals surface area contributed by atoms with Crippen molar-refractivity contribution >= 4 is 30.1 Å². The molecule has 0 unspecified atom stereocenters. The fraction of sp³-hybridized carbons (Fsp3) is 0.486. The number of aliphatic hydroxyl groups is 1. The molecule has 0 radical (unpaired) electrons. The summed E-state index contributed by atoms with van der Waals surface area (Å²) in [5.74, 6) is -2.79. The predicted molar refractivity (Wildman–Crippen MR) is 186 cm³/mol. The standard InChI is InChI=1S/C37H49N3O11/c1-22-26(38-33(39-34(44)50-36(3,4)5)40-35(45)51-37(6,7)8)20-28(48-29(22)31(46-9)27(42)21-47-23(2)41)32(43)49-30(24-16-12-10-13-17-24)25-18-14-11-15-19-25/h10-20,22,26-27,29-31,42H,21H2,1-9H3,(H2,38,39,40,44,45)/t22-,26+,27-,29-,31-/m1/s1. The lowest BCUT2D eigenvalue weighted by atomic mass is 9.87. The summed E-state index contributed by atoms with van der Waals surface area (Å²) >= 11 is 0. The molecule has 51 heavy (non-hydrogen) atoms. The zero-order valence-corrected chi connectivity index (χ0v) is 30.5. The molecule has 2 amide bonds. The van der Waals surface area contributed by atoms with Gasteiger partial charge >= 0.3 is 24.1 Å². The second-order valence-electron chi connectivity index (χ2n) is 13.9. The molecule has 14 nitrogen and oxygen atoms in total. The number of methoxy groups -OCH3 is 1. The highest BCUT2D eigenvalue weighted by molar-refractivity contribution is 6.01. The van der Waals surface area contributed by atoms with E-state index in [1.54, 1.807) is 48.5 Å². The van der Waals surface area contributed by atoms with Crippen LogP contribution >= 0.6 is 0 Å². The summed E-state index contributed by atoms with van der Waals surface area (Å²) in [6, 6.07) is 17.3. The average molecular weight is 712 g/mol. The second kappa shape index (κ2) is 17.8. The molecule has 5 atom stereocenters. The molecule has 3 N–H and O–H groups in total. The number of esters is 2. The Kier molecular flexibility index (Phi) is 14.1. The molecular formula is C37H49N3O11. The van der Waals surface area contributed by atoms with Crippen LogP contribution in [-0.2, 0) is 38.0 Å². The number of aliphatic imine (C=N–C) groups is 1. The summed E-state index contributed by atoms with van der Waals surface area (Å²) in [6.45, 7) is 12.5. The number of ether oxygens (including phenoxy) is 6. The number of benzene rings is 2. The Balaban J connectivity index is 2.09. The fourth-order valence-corrected chi connectivity index (χ4v) is 5.03. The smallest absolute Gasteiger partial charge is 0.414 e. The Morgan fingerprint density at radius 2 is 1.35 bits per heavy atom. The first kappa shape index (κ1) is 40.5. The first-order chi connectivity index (χ1) is 23.9. The summed E-state index contributed by atoms with van der Waals surface area (Å²) in [5.41, 5.74) is -0.366. The number of hydrogen-bond donors (Lipinski definition) is 3. The molecule has 2 aromatic rings. The number of rotatable bonds is 10. The van der Waals surface area contributed by atoms with E-state index in [1.165, 1.54) is 20.1 Å². The number of amides is 2. The van der Waals surface area contributed by atoms with Gasteiger partial charge in [-0.3, -0.25) is 15.4 Å². The molecule has 1 aliphatic rings. The monoisotopic (exact) mass is 711 g/mol. The topological polar surface area (TPSA) is 180 Å². The van der Waals surface area contributed by atoms with Crippen molar-refractivity contribution in [3.8, 4) is 0 Å². The first-order valence-corrected chi connectivity index (χ1v) is 16.5. The van der Waals surface area contributed by atoms with Crippen molar-refractivity contribution < 1.29 is 52.7 Å². The number of alkyl carbamates (subject to hydrolysis) is 2. The van der Waals surface area contributed by atoms with Gasteiger partial charge in [0.15, 0.2) is 6.10 Å². The van der Waals surface area contributed by atoms with Crippen LogP contribution in [0.15, 0.2) is 77.5 Å². The third-order valence-electron chi connectivity index (χ3n) is 7.22. The van der Waals surface area contributed by atoms with E-state index in [9.17, 15) is 24.3 Å². The van der Waals surface area contributed by atoms with Crippen LogP contribution < -0.4 is 10.6 Å². The molecule has 0 saturated heterocycles. The Labute approximate surface area is 298 Å². The number of carbonyl (C=O) groups is 4. The Morgan fingerprint density at radius 3 is 1.78 bits per heavy atom. The Hall–Kier alpha value is -4.95. The van der Waals surface area contributed by atoms with E-state index in [1.807, 2.05) is 60.7 Å². The maximum Gasteiger partial charge on any atom is 0.414 e. The molecule has 0 aromatic heterocycles. The van der Waals surface area contributed by atoms with Crippen LogP contribution in [-0.4, -0.2) is 84.5 Å². The zero-order chi connectivity index (χ0) is 37.9. The summed E-state index contributed by atoms with van der Waals surface area (Å²) in [6.07, 6.45) is -4.89. The van der Waals surface area contributed by atoms with Crippen LogP contribution in [0.5, 0.6) is 0 Å². The van der Waals surface area contributed by atoms with Gasteiger partial charge in [0.1, 0.15) is 36.1 Å². The minimum absolute atomic E-state index is 0.278. The van der Waals surface area contributed by atoms with Crippen molar-refractivity contribution in [2.45, 2.75) is 97.0 Å². The molecule has 0 bridgehead atoms. The van der Waals surface area contributed by atoms with Gasteiger partial charge in [-0.25, -0.2) is 19.4 Å². The molecule has 0 spiro atoms. The maximum atomic E-state index is 14.0. The highest BCUT2D eigenvalue weighted by Gasteiger charge is 2.43. The van der Waals surface area contributed by atoms with Gasteiger partial charge in [-0.15, -0.1) is 0 Å². The van der Waals surface area contributed by atoms with Crippen molar-refractivity contribution in [3.63, 3.8) is 0 Å². The van der Waals surface area contributed by atoms with Gasteiger partial charge in [0.25, 0.3) is 0 Å². The third-order valence-corrected chi connectivity index (χ3v) is 7.22. The van der Waals surface area contributed by atoms with E-state index in [0.717, 1.165) is 0 Å². The van der Waals surface area contributed by atoms with Crippen LogP contribution in [0.25, 0.3) is 0 Å². The van der Waals surface area contributed by atoms with Gasteiger partial charge in [-0.1, -0.05) is 67.6 Å². The summed E-state index contributed by atoms with van der Waals surface area (Å²) in [7, 11) is 1.33. The van der Waals surface area contributed by atoms with Crippen molar-refractivity contribution in [3.05, 3.63) is 83.6 Å². The lowest BCUT2D eigenvalue weighted by Crippen LogP contribution is -2.52. The minimum atomic E-state index is -1.38. The Morgan fingerprint density at radius 1 is 0.863 bits per heavy atom. The Bertz CT molecular complexity index is 1480. The SMILES string of the molecule is CO[C@@H]([C@@H]1OC(C(=O)OC(c2ccccc2)c2ccccc2)=C[C@H](N=C(NC(=O)OC(C)(C)C)NC(=O)OC(C)(C)C)[C@H]1C)[C@H](O)COC(C)=O. The number of nitrogens with zero attached hydrogens (tertiary/aromatic N) is 1. The number of hydrogen-bond acceptors (Lipinski definition) is 12. The average Bonchev–Trinajstić information content (AvgIpc) is 3.03. The highest BCUT2D eigenvalue weighted by Crippen LogP contribution is 2.33. The number of guanidine groups is 1. The normalized spacial score (nSPS) is 18.6. The lowest BCUT2D eigenvalue weighted by molar-refractivity contribution is -0.163. The quantitative estimate of drug-likeness (QED) is 0.131. The van der Waals surface area contributed by atoms with Crippen LogP contribution in [0.1, 0.15) is 72.6 Å². The second-order valence-corrected chi connectivity index (χ2v) is 13.9. The first-order valence-electron chi connectivity index (χ1n) is 16.5. The summed E-state index contributed by atoms with van der Waals surface area (Å²) < 4.78 is 33.6. The largest absolute Gasteiger partial charge is 0.480 e. The van der Waals surface area contributed by atoms with Gasteiger partial charge in [0.2, 0.25) is 11.7 Å². The van der Waals surface area contributed by atoms with Gasteiger partial charge < -0.3 is 33.5 Å². The molecule has 1 aliphatic heterocycles. The van der Waals surface area contributed by atoms with E-state index in [-0.39, 0.29) is 11.7 Å². The van der Waals surface area contributed by atoms with E-state index in [2.05, 4.69) is 15.6 Å². The van der Waals surface area contributed by atoms with E-state index in [4.69, 9.17) is 28.4 Å². The van der Waals surface area contributed by atoms with Gasteiger partial charge in [-0.2, -0.15) is 0 Å². The van der Waals surface area contributed by atoms with E-state index < -0.39 is 78.3 Å². The molecule has 0 fully saturated rings. The fourth-order valence-electron chi connectivity index (χ4n) is 5.03. The molecule has 278 valence electrons. The molecule has 3 rings (SSSR count). The van der Waals surface area contributed by atoms with Crippen LogP contribution in [0.3, 0.4) is 0 Å². The van der Waals surface area contributed by atoms with Crippen molar-refractivity contribution in [1.82, 2.24) is 10.6 Å². The number of nitrogens with one attached hydrogen (secondary N) is 2. The molecular weight excluding hydrogens is 662 g/mol. The molecule has 0 aliphatic carbocycles. The van der Waals surface area contributed by atoms with Crippen LogP contribution in [0.4, 0.5) is 9.59 Å². The lowest BCUT2D eigenvalue weighted by Gasteiger charge is -2.39.